The van der Waals surface area contributed by atoms with E-state index in [0.29, 0.717) is 11.8 Å². The van der Waals surface area contributed by atoms with Gasteiger partial charge in [-0.2, -0.15) is 0 Å². The lowest BCUT2D eigenvalue weighted by Gasteiger charge is -2.01. The lowest BCUT2D eigenvalue weighted by molar-refractivity contribution is 0.796. The minimum atomic E-state index is 0.609. The van der Waals surface area contributed by atoms with Crippen molar-refractivity contribution in [1.29, 1.82) is 0 Å². The normalized spacial score (nSPS) is 12.1. The Morgan fingerprint density at radius 1 is 0.594 bits per heavy atom. The summed E-state index contributed by atoms with van der Waals surface area (Å²) in [5.74, 6) is 1.22. The van der Waals surface area contributed by atoms with Crippen LogP contribution in [0.15, 0.2) is 24.3 Å². The van der Waals surface area contributed by atoms with Crippen LogP contribution in [-0.4, -0.2) is 0 Å². The number of hydrogen-bond acceptors (Lipinski definition) is 4. The molecule has 0 saturated carbocycles. The molecule has 4 aromatic heterocycles. The molecule has 0 spiro atoms. The molecule has 0 atom stereocenters. The average molecular weight is 501 g/mol. The first-order valence-corrected chi connectivity index (χ1v) is 15.5. The van der Waals surface area contributed by atoms with Crippen LogP contribution in [0.4, 0.5) is 0 Å². The van der Waals surface area contributed by atoms with Crippen molar-refractivity contribution in [3.63, 3.8) is 0 Å². The largest absolute Gasteiger partial charge is 0.139 e. The van der Waals surface area contributed by atoms with Crippen molar-refractivity contribution in [3.8, 4) is 19.5 Å². The molecule has 0 bridgehead atoms. The van der Waals surface area contributed by atoms with Crippen LogP contribution in [-0.2, 0) is 12.8 Å². The van der Waals surface area contributed by atoms with E-state index in [1.165, 1.54) is 77.2 Å². The number of thiophene rings is 4. The molecule has 32 heavy (non-hydrogen) atoms. The van der Waals surface area contributed by atoms with Crippen molar-refractivity contribution in [3.05, 3.63) is 45.1 Å². The van der Waals surface area contributed by atoms with Crippen LogP contribution in [0.1, 0.15) is 99.9 Å². The summed E-state index contributed by atoms with van der Waals surface area (Å²) in [6.07, 6.45) is 7.49. The van der Waals surface area contributed by atoms with E-state index in [1.54, 1.807) is 11.1 Å². The quantitative estimate of drug-likeness (QED) is 0.203. The van der Waals surface area contributed by atoms with E-state index in [0.717, 1.165) is 0 Å². The molecule has 0 amide bonds. The zero-order valence-corrected chi connectivity index (χ0v) is 23.6. The fraction of sp³-hybridized carbons (Fsp3) is 0.500. The Hall–Kier alpha value is -0.940. The van der Waals surface area contributed by atoms with Crippen LogP contribution in [0.3, 0.4) is 0 Å². The number of hydrogen-bond donors (Lipinski definition) is 0. The maximum atomic E-state index is 2.48. The Bertz CT molecular complexity index is 1040. The van der Waals surface area contributed by atoms with Crippen LogP contribution >= 0.6 is 45.3 Å². The third-order valence-electron chi connectivity index (χ3n) is 6.05. The summed E-state index contributed by atoms with van der Waals surface area (Å²) in [7, 11) is 0. The summed E-state index contributed by atoms with van der Waals surface area (Å²) in [4.78, 5) is 9.06. The van der Waals surface area contributed by atoms with Crippen LogP contribution in [0.5, 0.6) is 0 Å². The maximum absolute atomic E-state index is 2.48. The third-order valence-corrected chi connectivity index (χ3v) is 11.7. The van der Waals surface area contributed by atoms with Crippen molar-refractivity contribution < 1.29 is 0 Å². The van der Waals surface area contributed by atoms with Gasteiger partial charge in [-0.25, -0.2) is 0 Å². The van der Waals surface area contributed by atoms with Crippen molar-refractivity contribution in [2.45, 2.75) is 91.9 Å². The van der Waals surface area contributed by atoms with Gasteiger partial charge in [-0.1, -0.05) is 54.4 Å². The number of aryl methyl sites for hydroxylation is 2. The first-order chi connectivity index (χ1) is 15.4. The van der Waals surface area contributed by atoms with Crippen LogP contribution in [0.2, 0.25) is 0 Å². The van der Waals surface area contributed by atoms with E-state index in [4.69, 9.17) is 0 Å². The molecule has 0 fully saturated rings. The van der Waals surface area contributed by atoms with Gasteiger partial charge in [0.15, 0.2) is 0 Å². The first-order valence-electron chi connectivity index (χ1n) is 12.2. The molecular weight excluding hydrogens is 465 g/mol. The minimum Gasteiger partial charge on any atom is -0.139 e. The smallest absolute Gasteiger partial charge is 0.0478 e. The molecule has 4 aromatic rings. The van der Waals surface area contributed by atoms with Gasteiger partial charge in [0.25, 0.3) is 0 Å². The molecule has 0 unspecified atom stereocenters. The van der Waals surface area contributed by atoms with E-state index in [1.807, 2.05) is 45.3 Å². The average Bonchev–Trinajstić information content (AvgIpc) is 3.50. The van der Waals surface area contributed by atoms with Gasteiger partial charge in [-0.15, -0.1) is 45.3 Å². The highest BCUT2D eigenvalue weighted by molar-refractivity contribution is 7.33. The SMILES string of the molecule is CCCCc1cc(C(C)C)sc1-c1cc2sc(-c3sc(C(C)C)cc3CCCC)cc2s1. The first kappa shape index (κ1) is 24.2. The molecule has 0 radical (unpaired) electrons. The molecular formula is C28H36S4. The molecule has 0 nitrogen and oxygen atoms in total. The van der Waals surface area contributed by atoms with Gasteiger partial charge in [-0.3, -0.25) is 0 Å². The van der Waals surface area contributed by atoms with Gasteiger partial charge in [0.2, 0.25) is 0 Å². The molecule has 0 saturated heterocycles. The summed E-state index contributed by atoms with van der Waals surface area (Å²) in [6.45, 7) is 13.9. The molecule has 4 heteroatoms. The predicted octanol–water partition coefficient (Wildman–Crippen LogP) is 11.4. The Kier molecular flexibility index (Phi) is 7.97. The Morgan fingerprint density at radius 2 is 1.00 bits per heavy atom. The van der Waals surface area contributed by atoms with E-state index in [2.05, 4.69) is 65.8 Å². The second-order valence-corrected chi connectivity index (χ2v) is 13.8. The standard InChI is InChI=1S/C28H36S4/c1-7-9-11-19-13-21(17(3)4)31-27(19)25-15-23-24(29-25)16-26(30-23)28-20(12-10-8-2)14-22(32-28)18(5)6/h13-18H,7-12H2,1-6H3. The molecule has 4 rings (SSSR count). The minimum absolute atomic E-state index is 0.609. The highest BCUT2D eigenvalue weighted by Crippen LogP contribution is 2.48. The molecule has 0 aromatic carbocycles. The van der Waals surface area contributed by atoms with E-state index < -0.39 is 0 Å². The van der Waals surface area contributed by atoms with Gasteiger partial charge >= 0.3 is 0 Å². The second-order valence-electron chi connectivity index (χ2n) is 9.47. The second kappa shape index (κ2) is 10.5. The van der Waals surface area contributed by atoms with Crippen LogP contribution < -0.4 is 0 Å². The lowest BCUT2D eigenvalue weighted by Crippen LogP contribution is -1.84. The molecule has 172 valence electrons. The zero-order chi connectivity index (χ0) is 22.8. The summed E-state index contributed by atoms with van der Waals surface area (Å²) in [5.41, 5.74) is 3.13. The summed E-state index contributed by atoms with van der Waals surface area (Å²) >= 11 is 8.05. The Morgan fingerprint density at radius 3 is 1.34 bits per heavy atom. The van der Waals surface area contributed by atoms with Gasteiger partial charge in [0.1, 0.15) is 0 Å². The number of unbranched alkanes of at least 4 members (excludes halogenated alkanes) is 2. The van der Waals surface area contributed by atoms with Gasteiger partial charge in [0, 0.05) is 38.7 Å². The van der Waals surface area contributed by atoms with Gasteiger partial charge in [0.05, 0.1) is 0 Å². The van der Waals surface area contributed by atoms with Crippen LogP contribution in [0, 0.1) is 0 Å². The third kappa shape index (κ3) is 5.09. The topological polar surface area (TPSA) is 0 Å². The maximum Gasteiger partial charge on any atom is 0.0478 e. The monoisotopic (exact) mass is 500 g/mol. The Balaban J connectivity index is 1.69. The molecule has 0 aliphatic rings. The van der Waals surface area contributed by atoms with Gasteiger partial charge in [-0.05, 0) is 72.9 Å². The van der Waals surface area contributed by atoms with Crippen LogP contribution in [0.25, 0.3) is 28.9 Å². The van der Waals surface area contributed by atoms with E-state index >= 15 is 0 Å². The highest BCUT2D eigenvalue weighted by atomic mass is 32.1. The molecule has 0 N–H and O–H groups in total. The van der Waals surface area contributed by atoms with Crippen molar-refractivity contribution in [2.24, 2.45) is 0 Å². The zero-order valence-electron chi connectivity index (χ0n) is 20.3. The van der Waals surface area contributed by atoms with Gasteiger partial charge < -0.3 is 0 Å². The highest BCUT2D eigenvalue weighted by Gasteiger charge is 2.19. The van der Waals surface area contributed by atoms with Crippen molar-refractivity contribution in [1.82, 2.24) is 0 Å². The fourth-order valence-corrected chi connectivity index (χ4v) is 9.15. The number of fused-ring (bicyclic) bond motifs is 1. The van der Waals surface area contributed by atoms with E-state index in [-0.39, 0.29) is 0 Å². The van der Waals surface area contributed by atoms with Crippen molar-refractivity contribution in [2.75, 3.05) is 0 Å². The molecule has 0 aliphatic carbocycles. The summed E-state index contributed by atoms with van der Waals surface area (Å²) in [5, 5.41) is 0. The van der Waals surface area contributed by atoms with Crippen molar-refractivity contribution >= 4 is 54.7 Å². The lowest BCUT2D eigenvalue weighted by atomic mass is 10.1. The molecule has 4 heterocycles. The number of rotatable bonds is 10. The summed E-state index contributed by atoms with van der Waals surface area (Å²) in [6, 6.07) is 9.92. The predicted molar refractivity (Wildman–Crippen MR) is 152 cm³/mol. The summed E-state index contributed by atoms with van der Waals surface area (Å²) < 4.78 is 2.92. The molecule has 0 aliphatic heterocycles. The Labute approximate surface area is 210 Å². The van der Waals surface area contributed by atoms with E-state index in [9.17, 15) is 0 Å². The fourth-order valence-electron chi connectivity index (χ4n) is 4.05.